The molecule has 1 N–H and O–H groups in total. The standard InChI is InChI=1S/C16H18BrFN2OS/c1-2-20(10-12-8-13(17)5-6-15(12)18)11-16(21)19-9-14-4-3-7-22-14/h3-8H,2,9-11H2,1H3,(H,19,21). The average Bonchev–Trinajstić information content (AvgIpc) is 3.01. The van der Waals surface area contributed by atoms with Gasteiger partial charge < -0.3 is 5.32 Å². The van der Waals surface area contributed by atoms with Crippen LogP contribution in [0.15, 0.2) is 40.2 Å². The molecule has 1 aromatic heterocycles. The Balaban J connectivity index is 1.88. The highest BCUT2D eigenvalue weighted by Crippen LogP contribution is 2.17. The van der Waals surface area contributed by atoms with Crippen LogP contribution in [0.4, 0.5) is 4.39 Å². The molecule has 0 unspecified atom stereocenters. The van der Waals surface area contributed by atoms with Crippen LogP contribution in [0.1, 0.15) is 17.4 Å². The molecular weight excluding hydrogens is 367 g/mol. The van der Waals surface area contributed by atoms with Crippen molar-refractivity contribution in [2.75, 3.05) is 13.1 Å². The Morgan fingerprint density at radius 1 is 1.41 bits per heavy atom. The predicted octanol–water partition coefficient (Wildman–Crippen LogP) is 3.79. The molecule has 1 heterocycles. The van der Waals surface area contributed by atoms with Crippen molar-refractivity contribution in [1.29, 1.82) is 0 Å². The summed E-state index contributed by atoms with van der Waals surface area (Å²) in [6.07, 6.45) is 0. The minimum absolute atomic E-state index is 0.0503. The number of likely N-dealkylation sites (N-methyl/N-ethyl adjacent to an activating group) is 1. The van der Waals surface area contributed by atoms with Crippen molar-refractivity contribution in [3.8, 4) is 0 Å². The molecule has 2 rings (SSSR count). The molecule has 6 heteroatoms. The quantitative estimate of drug-likeness (QED) is 0.787. The van der Waals surface area contributed by atoms with Crippen molar-refractivity contribution in [2.24, 2.45) is 0 Å². The average molecular weight is 385 g/mol. The van der Waals surface area contributed by atoms with Gasteiger partial charge in [0.05, 0.1) is 13.1 Å². The highest BCUT2D eigenvalue weighted by Gasteiger charge is 2.12. The lowest BCUT2D eigenvalue weighted by Gasteiger charge is -2.20. The van der Waals surface area contributed by atoms with Crippen LogP contribution in [0, 0.1) is 5.82 Å². The van der Waals surface area contributed by atoms with E-state index in [1.54, 1.807) is 23.5 Å². The van der Waals surface area contributed by atoms with Crippen molar-refractivity contribution in [3.63, 3.8) is 0 Å². The second-order valence-electron chi connectivity index (χ2n) is 4.90. The lowest BCUT2D eigenvalue weighted by molar-refractivity contribution is -0.122. The van der Waals surface area contributed by atoms with Crippen LogP contribution < -0.4 is 5.32 Å². The number of nitrogens with zero attached hydrogens (tertiary/aromatic N) is 1. The van der Waals surface area contributed by atoms with E-state index in [0.29, 0.717) is 25.2 Å². The Morgan fingerprint density at radius 2 is 2.23 bits per heavy atom. The van der Waals surface area contributed by atoms with E-state index in [0.717, 1.165) is 9.35 Å². The van der Waals surface area contributed by atoms with Gasteiger partial charge in [-0.3, -0.25) is 9.69 Å². The Labute approximate surface area is 142 Å². The molecule has 2 aromatic rings. The van der Waals surface area contributed by atoms with Crippen molar-refractivity contribution in [2.45, 2.75) is 20.0 Å². The van der Waals surface area contributed by atoms with Gasteiger partial charge in [0.15, 0.2) is 0 Å². The summed E-state index contributed by atoms with van der Waals surface area (Å²) in [6, 6.07) is 8.80. The predicted molar refractivity (Wildman–Crippen MR) is 91.2 cm³/mol. The maximum atomic E-state index is 13.8. The van der Waals surface area contributed by atoms with Gasteiger partial charge in [0.25, 0.3) is 0 Å². The lowest BCUT2D eigenvalue weighted by atomic mass is 10.2. The largest absolute Gasteiger partial charge is 0.350 e. The maximum Gasteiger partial charge on any atom is 0.234 e. The van der Waals surface area contributed by atoms with Crippen molar-refractivity contribution in [1.82, 2.24) is 10.2 Å². The number of benzene rings is 1. The number of carbonyl (C=O) groups is 1. The molecule has 0 bridgehead atoms. The van der Waals surface area contributed by atoms with Crippen molar-refractivity contribution >= 4 is 33.2 Å². The molecule has 0 aliphatic heterocycles. The number of nitrogens with one attached hydrogen (secondary N) is 1. The van der Waals surface area contributed by atoms with E-state index >= 15 is 0 Å². The first-order valence-electron chi connectivity index (χ1n) is 7.04. The molecule has 0 saturated carbocycles. The fraction of sp³-hybridized carbons (Fsp3) is 0.312. The van der Waals surface area contributed by atoms with Gasteiger partial charge in [-0.15, -0.1) is 11.3 Å². The first-order valence-corrected chi connectivity index (χ1v) is 8.71. The Morgan fingerprint density at radius 3 is 2.91 bits per heavy atom. The number of rotatable bonds is 7. The van der Waals surface area contributed by atoms with Gasteiger partial charge in [0, 0.05) is 21.5 Å². The zero-order valence-electron chi connectivity index (χ0n) is 12.3. The topological polar surface area (TPSA) is 32.3 Å². The SMILES string of the molecule is CCN(CC(=O)NCc1cccs1)Cc1cc(Br)ccc1F. The molecule has 0 aliphatic rings. The van der Waals surface area contributed by atoms with Gasteiger partial charge >= 0.3 is 0 Å². The molecule has 0 radical (unpaired) electrons. The van der Waals surface area contributed by atoms with Gasteiger partial charge in [-0.2, -0.15) is 0 Å². The van der Waals surface area contributed by atoms with Crippen LogP contribution in [0.2, 0.25) is 0 Å². The van der Waals surface area contributed by atoms with Crippen LogP contribution in [0.25, 0.3) is 0 Å². The summed E-state index contributed by atoms with van der Waals surface area (Å²) in [4.78, 5) is 15.0. The van der Waals surface area contributed by atoms with Gasteiger partial charge in [0.1, 0.15) is 5.82 Å². The fourth-order valence-electron chi connectivity index (χ4n) is 2.04. The van der Waals surface area contributed by atoms with E-state index in [-0.39, 0.29) is 18.3 Å². The summed E-state index contributed by atoms with van der Waals surface area (Å²) in [5.41, 5.74) is 0.585. The summed E-state index contributed by atoms with van der Waals surface area (Å²) < 4.78 is 14.6. The third-order valence-electron chi connectivity index (χ3n) is 3.26. The molecule has 0 atom stereocenters. The minimum Gasteiger partial charge on any atom is -0.350 e. The first kappa shape index (κ1) is 17.1. The van der Waals surface area contributed by atoms with E-state index < -0.39 is 0 Å². The summed E-state index contributed by atoms with van der Waals surface area (Å²) in [5, 5.41) is 4.87. The number of hydrogen-bond donors (Lipinski definition) is 1. The Bertz CT molecular complexity index is 619. The highest BCUT2D eigenvalue weighted by atomic mass is 79.9. The molecule has 0 saturated heterocycles. The smallest absolute Gasteiger partial charge is 0.234 e. The molecule has 1 amide bonds. The lowest BCUT2D eigenvalue weighted by Crippen LogP contribution is -2.36. The molecule has 1 aromatic carbocycles. The van der Waals surface area contributed by atoms with Crippen LogP contribution in [-0.4, -0.2) is 23.9 Å². The molecule has 0 aliphatic carbocycles. The third-order valence-corrected chi connectivity index (χ3v) is 4.63. The second kappa shape index (κ2) is 8.41. The minimum atomic E-state index is -0.249. The number of halogens is 2. The number of carbonyl (C=O) groups excluding carboxylic acids is 1. The summed E-state index contributed by atoms with van der Waals surface area (Å²) in [7, 11) is 0. The number of amides is 1. The molecule has 3 nitrogen and oxygen atoms in total. The van der Waals surface area contributed by atoms with Crippen molar-refractivity contribution in [3.05, 3.63) is 56.4 Å². The number of thiophene rings is 1. The fourth-order valence-corrected chi connectivity index (χ4v) is 3.10. The molecule has 118 valence electrons. The molecular formula is C16H18BrFN2OS. The van der Waals surface area contributed by atoms with E-state index in [1.807, 2.05) is 29.3 Å². The van der Waals surface area contributed by atoms with Crippen LogP contribution in [-0.2, 0) is 17.9 Å². The normalized spacial score (nSPS) is 10.9. The maximum absolute atomic E-state index is 13.8. The summed E-state index contributed by atoms with van der Waals surface area (Å²) in [6.45, 7) is 3.85. The zero-order chi connectivity index (χ0) is 15.9. The zero-order valence-corrected chi connectivity index (χ0v) is 14.7. The molecule has 22 heavy (non-hydrogen) atoms. The number of hydrogen-bond acceptors (Lipinski definition) is 3. The summed E-state index contributed by atoms with van der Waals surface area (Å²) in [5.74, 6) is -0.300. The van der Waals surface area contributed by atoms with Gasteiger partial charge in [-0.1, -0.05) is 28.9 Å². The first-order chi connectivity index (χ1) is 10.6. The van der Waals surface area contributed by atoms with E-state index in [1.165, 1.54) is 6.07 Å². The highest BCUT2D eigenvalue weighted by molar-refractivity contribution is 9.10. The van der Waals surface area contributed by atoms with Gasteiger partial charge in [0.2, 0.25) is 5.91 Å². The van der Waals surface area contributed by atoms with E-state index in [2.05, 4.69) is 21.2 Å². The second-order valence-corrected chi connectivity index (χ2v) is 6.84. The van der Waals surface area contributed by atoms with Crippen molar-refractivity contribution < 1.29 is 9.18 Å². The molecule has 0 fully saturated rings. The van der Waals surface area contributed by atoms with Crippen LogP contribution in [0.5, 0.6) is 0 Å². The van der Waals surface area contributed by atoms with Gasteiger partial charge in [-0.05, 0) is 36.2 Å². The van der Waals surface area contributed by atoms with Gasteiger partial charge in [-0.25, -0.2) is 4.39 Å². The third kappa shape index (κ3) is 5.19. The van der Waals surface area contributed by atoms with E-state index in [4.69, 9.17) is 0 Å². The van der Waals surface area contributed by atoms with E-state index in [9.17, 15) is 9.18 Å². The summed E-state index contributed by atoms with van der Waals surface area (Å²) >= 11 is 4.96. The Hall–Kier alpha value is -1.24. The monoisotopic (exact) mass is 384 g/mol. The Kier molecular flexibility index (Phi) is 6.54. The van der Waals surface area contributed by atoms with Crippen LogP contribution in [0.3, 0.4) is 0 Å². The molecule has 0 spiro atoms. The van der Waals surface area contributed by atoms with Crippen LogP contribution >= 0.6 is 27.3 Å².